The third-order valence-corrected chi connectivity index (χ3v) is 14.7. The Kier molecular flexibility index (Phi) is 8.34. The van der Waals surface area contributed by atoms with E-state index in [9.17, 15) is 13.8 Å². The fourth-order valence-electron chi connectivity index (χ4n) is 5.07. The van der Waals surface area contributed by atoms with Crippen molar-refractivity contribution in [3.8, 4) is 0 Å². The molecule has 0 spiro atoms. The van der Waals surface area contributed by atoms with Gasteiger partial charge in [-0.05, 0) is 47.8 Å². The maximum absolute atomic E-state index is 14.1. The number of nitrogens with one attached hydrogen (secondary N) is 1. The first-order chi connectivity index (χ1) is 19.6. The van der Waals surface area contributed by atoms with E-state index in [1.807, 2.05) is 0 Å². The zero-order chi connectivity index (χ0) is 30.6. The Morgan fingerprint density at radius 2 is 2.10 bits per heavy atom. The topological polar surface area (TPSA) is 144 Å². The summed E-state index contributed by atoms with van der Waals surface area (Å²) in [6.45, 7) is 15.2. The van der Waals surface area contributed by atoms with Crippen molar-refractivity contribution in [1.82, 2.24) is 19.5 Å². The third-order valence-electron chi connectivity index (χ3n) is 8.46. The van der Waals surface area contributed by atoms with E-state index in [0.29, 0.717) is 24.1 Å². The molecule has 5 atom stereocenters. The minimum atomic E-state index is -4.02. The lowest BCUT2D eigenvalue weighted by atomic mass is 10.0. The van der Waals surface area contributed by atoms with E-state index in [-0.39, 0.29) is 46.9 Å². The van der Waals surface area contributed by atoms with Gasteiger partial charge in [0.05, 0.1) is 42.8 Å². The number of halogens is 2. The highest BCUT2D eigenvalue weighted by Gasteiger charge is 2.48. The highest BCUT2D eigenvalue weighted by Crippen LogP contribution is 2.58. The highest BCUT2D eigenvalue weighted by atomic mass is 35.5. The molecule has 1 saturated carbocycles. The molecule has 2 aliphatic rings. The van der Waals surface area contributed by atoms with Crippen LogP contribution in [0.1, 0.15) is 51.3 Å². The minimum Gasteiger partial charge on any atom is -0.413 e. The Morgan fingerprint density at radius 1 is 1.36 bits per heavy atom. The van der Waals surface area contributed by atoms with E-state index >= 15 is 0 Å². The zero-order valence-electron chi connectivity index (χ0n) is 24.2. The van der Waals surface area contributed by atoms with E-state index in [4.69, 9.17) is 35.3 Å². The minimum absolute atomic E-state index is 0.0134. The third kappa shape index (κ3) is 6.01. The van der Waals surface area contributed by atoms with Gasteiger partial charge in [0.2, 0.25) is 5.95 Å². The van der Waals surface area contributed by atoms with Crippen LogP contribution in [0.4, 0.5) is 10.3 Å². The first-order valence-corrected chi connectivity index (χ1v) is 18.4. The number of nitrogens with zero attached hydrogens (tertiary/aromatic N) is 3. The van der Waals surface area contributed by atoms with Crippen molar-refractivity contribution in [3.05, 3.63) is 63.4 Å². The number of phosphoric acid groups is 1. The van der Waals surface area contributed by atoms with E-state index in [1.54, 1.807) is 17.0 Å². The maximum atomic E-state index is 14.1. The van der Waals surface area contributed by atoms with Gasteiger partial charge < -0.3 is 14.7 Å². The van der Waals surface area contributed by atoms with Gasteiger partial charge >= 0.3 is 7.82 Å². The van der Waals surface area contributed by atoms with Gasteiger partial charge in [-0.3, -0.25) is 23.3 Å². The van der Waals surface area contributed by atoms with Crippen molar-refractivity contribution in [3.63, 3.8) is 0 Å². The number of H-pyrrole nitrogens is 1. The van der Waals surface area contributed by atoms with Crippen molar-refractivity contribution in [2.75, 3.05) is 18.9 Å². The van der Waals surface area contributed by atoms with Crippen molar-refractivity contribution in [2.45, 2.75) is 70.0 Å². The van der Waals surface area contributed by atoms with Crippen molar-refractivity contribution < 1.29 is 27.0 Å². The van der Waals surface area contributed by atoms with Crippen LogP contribution >= 0.6 is 19.4 Å². The maximum Gasteiger partial charge on any atom is 0.475 e. The smallest absolute Gasteiger partial charge is 0.413 e. The number of phosphoric ester groups is 1. The summed E-state index contributed by atoms with van der Waals surface area (Å²) in [5.74, 6) is -1.01. The molecule has 3 heterocycles. The molecule has 1 aliphatic heterocycles. The zero-order valence-corrected chi connectivity index (χ0v) is 26.9. The van der Waals surface area contributed by atoms with Crippen LogP contribution in [0.25, 0.3) is 11.2 Å². The van der Waals surface area contributed by atoms with Crippen LogP contribution in [0, 0.1) is 11.7 Å². The molecule has 2 fully saturated rings. The van der Waals surface area contributed by atoms with Gasteiger partial charge in [0.15, 0.2) is 19.5 Å². The van der Waals surface area contributed by atoms with Crippen LogP contribution in [0.5, 0.6) is 0 Å². The van der Waals surface area contributed by atoms with Crippen LogP contribution in [-0.4, -0.2) is 47.2 Å². The number of nitrogen functional groups attached to an aromatic ring is 1. The lowest BCUT2D eigenvalue weighted by Gasteiger charge is -2.40. The molecule has 1 aliphatic carbocycles. The lowest BCUT2D eigenvalue weighted by Crippen LogP contribution is -2.45. The summed E-state index contributed by atoms with van der Waals surface area (Å²) in [5.41, 5.74) is 7.11. The van der Waals surface area contributed by atoms with Crippen LogP contribution in [0.3, 0.4) is 0 Å². The van der Waals surface area contributed by atoms with Crippen LogP contribution in [-0.2, 0) is 22.6 Å². The fourth-order valence-corrected chi connectivity index (χ4v) is 7.97. The Hall–Kier alpha value is -2.38. The van der Waals surface area contributed by atoms with Crippen molar-refractivity contribution in [2.24, 2.45) is 5.92 Å². The predicted molar refractivity (Wildman–Crippen MR) is 160 cm³/mol. The molecule has 0 radical (unpaired) electrons. The Balaban J connectivity index is 1.41. The molecule has 0 amide bonds. The number of imidazole rings is 1. The highest BCUT2D eigenvalue weighted by molar-refractivity contribution is 7.48. The molecule has 11 nitrogen and oxygen atoms in total. The van der Waals surface area contributed by atoms with Crippen LogP contribution < -0.4 is 11.3 Å². The second-order valence-electron chi connectivity index (χ2n) is 12.3. The van der Waals surface area contributed by atoms with Gasteiger partial charge in [-0.15, -0.1) is 0 Å². The molecule has 2 aromatic heterocycles. The Morgan fingerprint density at radius 3 is 2.79 bits per heavy atom. The molecule has 0 unspecified atom stereocenters. The molecular formula is C27H36ClFN5O6PSi. The fraction of sp³-hybridized carbons (Fsp3) is 0.519. The van der Waals surface area contributed by atoms with E-state index in [1.165, 1.54) is 12.1 Å². The number of nitrogens with two attached hydrogens (primary N) is 1. The van der Waals surface area contributed by atoms with Gasteiger partial charge in [0.1, 0.15) is 5.82 Å². The number of hydrogen-bond donors (Lipinski definition) is 2. The molecule has 0 bridgehead atoms. The number of hydrogen-bond acceptors (Lipinski definition) is 9. The molecule has 5 rings (SSSR count). The molecule has 15 heteroatoms. The number of anilines is 1. The summed E-state index contributed by atoms with van der Waals surface area (Å²) in [5, 5.41) is -0.0906. The monoisotopic (exact) mass is 639 g/mol. The molecule has 1 aromatic carbocycles. The number of rotatable bonds is 7. The summed E-state index contributed by atoms with van der Waals surface area (Å²) in [4.78, 5) is 23.5. The van der Waals surface area contributed by atoms with Crippen LogP contribution in [0.2, 0.25) is 23.2 Å². The van der Waals surface area contributed by atoms with E-state index < -0.39 is 39.5 Å². The lowest BCUT2D eigenvalue weighted by molar-refractivity contribution is 0.0175. The largest absolute Gasteiger partial charge is 0.475 e. The van der Waals surface area contributed by atoms with E-state index in [0.717, 1.165) is 5.57 Å². The molecular weight excluding hydrogens is 604 g/mol. The number of benzene rings is 1. The van der Waals surface area contributed by atoms with Gasteiger partial charge in [-0.1, -0.05) is 45.0 Å². The number of aromatic nitrogens is 4. The summed E-state index contributed by atoms with van der Waals surface area (Å²) in [6, 6.07) is 3.97. The van der Waals surface area contributed by atoms with Crippen molar-refractivity contribution in [1.29, 1.82) is 0 Å². The molecule has 3 aromatic rings. The predicted octanol–water partition coefficient (Wildman–Crippen LogP) is 6.30. The molecule has 42 heavy (non-hydrogen) atoms. The van der Waals surface area contributed by atoms with Crippen molar-refractivity contribution >= 4 is 44.9 Å². The summed E-state index contributed by atoms with van der Waals surface area (Å²) < 4.78 is 53.5. The standard InChI is InChI=1S/C27H36ClFN5O6PSi/c1-15-17(13-38-41(36)37-10-9-21(39-41)16-7-8-18(28)19(29)11-16)22(40-42(5,6)27(2,3)4)12-20(15)34-14-31-23-24(34)32-26(30)33-25(23)35/h7-8,11,14,17,20-22H,1,9-10,12-13H2,2-6H3,(H3,30,32,33,35)/t17-,20-,21+,22-,41-/m0/s1. The van der Waals surface area contributed by atoms with Gasteiger partial charge in [0.25, 0.3) is 5.56 Å². The van der Waals surface area contributed by atoms with Gasteiger partial charge in [-0.2, -0.15) is 4.98 Å². The summed E-state index contributed by atoms with van der Waals surface area (Å²) in [6.07, 6.45) is 1.37. The average Bonchev–Trinajstić information content (AvgIpc) is 3.44. The van der Waals surface area contributed by atoms with Gasteiger partial charge in [0, 0.05) is 12.3 Å². The first kappa shape index (κ1) is 31.1. The summed E-state index contributed by atoms with van der Waals surface area (Å²) >= 11 is 5.83. The second kappa shape index (κ2) is 11.3. The molecule has 3 N–H and O–H groups in total. The Labute approximate surface area is 249 Å². The summed E-state index contributed by atoms with van der Waals surface area (Å²) in [7, 11) is -6.29. The molecule has 1 saturated heterocycles. The number of fused-ring (bicyclic) bond motifs is 1. The normalized spacial score (nSPS) is 27.2. The quantitative estimate of drug-likeness (QED) is 0.173. The number of aromatic amines is 1. The Bertz CT molecular complexity index is 1620. The SMILES string of the molecule is C=C1[C@H](CO[P@]2(=O)OCC[C@H](c3ccc(Cl)c(F)c3)O2)[C@@H](O[Si](C)(C)C(C)(C)C)C[C@@H]1n1cnc2c(=O)[nH]c(N)nc21. The second-order valence-corrected chi connectivity index (χ2v) is 19.0. The first-order valence-electron chi connectivity index (χ1n) is 13.7. The molecule has 228 valence electrons. The van der Waals surface area contributed by atoms with Gasteiger partial charge in [-0.25, -0.2) is 13.9 Å². The van der Waals surface area contributed by atoms with E-state index in [2.05, 4.69) is 55.4 Å². The average molecular weight is 640 g/mol. The van der Waals surface area contributed by atoms with Crippen LogP contribution in [0.15, 0.2) is 41.5 Å².